The summed E-state index contributed by atoms with van der Waals surface area (Å²) >= 11 is 6.12. The Bertz CT molecular complexity index is 569. The third-order valence-electron chi connectivity index (χ3n) is 3.35. The van der Waals surface area contributed by atoms with Crippen LogP contribution in [-0.4, -0.2) is 13.2 Å². The van der Waals surface area contributed by atoms with Crippen LogP contribution in [0.15, 0.2) is 48.5 Å². The van der Waals surface area contributed by atoms with Gasteiger partial charge >= 0.3 is 0 Å². The molecule has 0 aliphatic rings. The standard InChI is InChI=1S/C18H22ClNO/c1-14(2)16-8-4-6-10-18(16)21-12-11-20-13-15-7-3-5-9-17(15)19/h3-10,14,20H,11-13H2,1-2H3. The second kappa shape index (κ2) is 8.06. The number of hydrogen-bond acceptors (Lipinski definition) is 2. The van der Waals surface area contributed by atoms with E-state index in [0.717, 1.165) is 29.4 Å². The zero-order valence-corrected chi connectivity index (χ0v) is 13.4. The van der Waals surface area contributed by atoms with Gasteiger partial charge in [0.1, 0.15) is 12.4 Å². The fraction of sp³-hybridized carbons (Fsp3) is 0.333. The van der Waals surface area contributed by atoms with Crippen molar-refractivity contribution in [1.29, 1.82) is 0 Å². The topological polar surface area (TPSA) is 21.3 Å². The SMILES string of the molecule is CC(C)c1ccccc1OCCNCc1ccccc1Cl. The second-order valence-electron chi connectivity index (χ2n) is 5.31. The molecular weight excluding hydrogens is 282 g/mol. The van der Waals surface area contributed by atoms with Gasteiger partial charge in [0.2, 0.25) is 0 Å². The smallest absolute Gasteiger partial charge is 0.122 e. The van der Waals surface area contributed by atoms with Crippen LogP contribution in [-0.2, 0) is 6.54 Å². The van der Waals surface area contributed by atoms with E-state index >= 15 is 0 Å². The summed E-state index contributed by atoms with van der Waals surface area (Å²) < 4.78 is 5.87. The summed E-state index contributed by atoms with van der Waals surface area (Å²) in [5.41, 5.74) is 2.37. The lowest BCUT2D eigenvalue weighted by Crippen LogP contribution is -2.21. The van der Waals surface area contributed by atoms with E-state index < -0.39 is 0 Å². The molecule has 0 aromatic heterocycles. The normalized spacial score (nSPS) is 10.9. The maximum Gasteiger partial charge on any atom is 0.122 e. The Morgan fingerprint density at radius 3 is 2.52 bits per heavy atom. The zero-order valence-electron chi connectivity index (χ0n) is 12.6. The van der Waals surface area contributed by atoms with Crippen LogP contribution in [0.25, 0.3) is 0 Å². The molecule has 1 N–H and O–H groups in total. The van der Waals surface area contributed by atoms with Crippen molar-refractivity contribution >= 4 is 11.6 Å². The highest BCUT2D eigenvalue weighted by Gasteiger charge is 2.06. The van der Waals surface area contributed by atoms with E-state index in [0.29, 0.717) is 12.5 Å². The Hall–Kier alpha value is -1.51. The monoisotopic (exact) mass is 303 g/mol. The van der Waals surface area contributed by atoms with Gasteiger partial charge in [-0.1, -0.05) is 61.8 Å². The van der Waals surface area contributed by atoms with Crippen LogP contribution in [0.1, 0.15) is 30.9 Å². The van der Waals surface area contributed by atoms with Gasteiger partial charge < -0.3 is 10.1 Å². The molecular formula is C18H22ClNO. The molecule has 0 amide bonds. The average Bonchev–Trinajstić information content (AvgIpc) is 2.49. The Kier molecular flexibility index (Phi) is 6.09. The van der Waals surface area contributed by atoms with Crippen molar-refractivity contribution in [2.75, 3.05) is 13.2 Å². The number of halogens is 1. The number of hydrogen-bond donors (Lipinski definition) is 1. The molecule has 0 fully saturated rings. The van der Waals surface area contributed by atoms with E-state index in [1.807, 2.05) is 36.4 Å². The van der Waals surface area contributed by atoms with Gasteiger partial charge in [-0.15, -0.1) is 0 Å². The van der Waals surface area contributed by atoms with Gasteiger partial charge in [-0.25, -0.2) is 0 Å². The van der Waals surface area contributed by atoms with Crippen LogP contribution in [0.3, 0.4) is 0 Å². The van der Waals surface area contributed by atoms with E-state index in [-0.39, 0.29) is 0 Å². The predicted octanol–water partition coefficient (Wildman–Crippen LogP) is 4.63. The maximum atomic E-state index is 6.12. The van der Waals surface area contributed by atoms with Crippen molar-refractivity contribution in [1.82, 2.24) is 5.32 Å². The summed E-state index contributed by atoms with van der Waals surface area (Å²) in [7, 11) is 0. The molecule has 2 nitrogen and oxygen atoms in total. The van der Waals surface area contributed by atoms with Crippen molar-refractivity contribution in [2.45, 2.75) is 26.3 Å². The molecule has 0 aliphatic heterocycles. The molecule has 0 bridgehead atoms. The molecule has 112 valence electrons. The minimum Gasteiger partial charge on any atom is -0.492 e. The summed E-state index contributed by atoms with van der Waals surface area (Å²) in [6.07, 6.45) is 0. The molecule has 0 radical (unpaired) electrons. The first-order valence-corrected chi connectivity index (χ1v) is 7.72. The van der Waals surface area contributed by atoms with Gasteiger partial charge in [-0.3, -0.25) is 0 Å². The minimum atomic E-state index is 0.470. The van der Waals surface area contributed by atoms with Crippen LogP contribution < -0.4 is 10.1 Å². The molecule has 0 unspecified atom stereocenters. The first kappa shape index (κ1) is 15.9. The first-order chi connectivity index (χ1) is 10.2. The zero-order chi connectivity index (χ0) is 15.1. The molecule has 0 saturated carbocycles. The molecule has 2 rings (SSSR count). The van der Waals surface area contributed by atoms with Crippen LogP contribution in [0.2, 0.25) is 5.02 Å². The number of ether oxygens (including phenoxy) is 1. The number of rotatable bonds is 7. The average molecular weight is 304 g/mol. The quantitative estimate of drug-likeness (QED) is 0.753. The van der Waals surface area contributed by atoms with Gasteiger partial charge in [0.05, 0.1) is 0 Å². The summed E-state index contributed by atoms with van der Waals surface area (Å²) in [6, 6.07) is 16.1. The van der Waals surface area contributed by atoms with Crippen LogP contribution >= 0.6 is 11.6 Å². The lowest BCUT2D eigenvalue weighted by atomic mass is 10.0. The summed E-state index contributed by atoms with van der Waals surface area (Å²) in [5.74, 6) is 1.45. The lowest BCUT2D eigenvalue weighted by molar-refractivity contribution is 0.309. The van der Waals surface area contributed by atoms with E-state index in [1.165, 1.54) is 5.56 Å². The highest BCUT2D eigenvalue weighted by atomic mass is 35.5. The molecule has 2 aromatic rings. The Balaban J connectivity index is 1.77. The molecule has 0 atom stereocenters. The molecule has 0 aliphatic carbocycles. The highest BCUT2D eigenvalue weighted by molar-refractivity contribution is 6.31. The first-order valence-electron chi connectivity index (χ1n) is 7.34. The molecule has 21 heavy (non-hydrogen) atoms. The Labute approximate surface area is 132 Å². The van der Waals surface area contributed by atoms with Gasteiger partial charge in [-0.05, 0) is 29.2 Å². The van der Waals surface area contributed by atoms with E-state index in [9.17, 15) is 0 Å². The molecule has 3 heteroatoms. The van der Waals surface area contributed by atoms with Crippen LogP contribution in [0, 0.1) is 0 Å². The third-order valence-corrected chi connectivity index (χ3v) is 3.72. The molecule has 0 heterocycles. The summed E-state index contributed by atoms with van der Waals surface area (Å²) in [5, 5.41) is 4.15. The van der Waals surface area contributed by atoms with Gasteiger partial charge in [-0.2, -0.15) is 0 Å². The van der Waals surface area contributed by atoms with E-state index in [2.05, 4.69) is 31.3 Å². The van der Waals surface area contributed by atoms with Crippen LogP contribution in [0.4, 0.5) is 0 Å². The Morgan fingerprint density at radius 2 is 1.76 bits per heavy atom. The van der Waals surface area contributed by atoms with Crippen molar-refractivity contribution in [3.63, 3.8) is 0 Å². The van der Waals surface area contributed by atoms with Crippen LogP contribution in [0.5, 0.6) is 5.75 Å². The largest absolute Gasteiger partial charge is 0.492 e. The minimum absolute atomic E-state index is 0.470. The highest BCUT2D eigenvalue weighted by Crippen LogP contribution is 2.25. The fourth-order valence-corrected chi connectivity index (χ4v) is 2.39. The number of para-hydroxylation sites is 1. The summed E-state index contributed by atoms with van der Waals surface area (Å²) in [6.45, 7) is 6.55. The fourth-order valence-electron chi connectivity index (χ4n) is 2.19. The predicted molar refractivity (Wildman–Crippen MR) is 89.2 cm³/mol. The van der Waals surface area contributed by atoms with Crippen molar-refractivity contribution in [3.8, 4) is 5.75 Å². The Morgan fingerprint density at radius 1 is 1.05 bits per heavy atom. The van der Waals surface area contributed by atoms with Gasteiger partial charge in [0, 0.05) is 18.1 Å². The van der Waals surface area contributed by atoms with Crippen molar-refractivity contribution in [3.05, 3.63) is 64.7 Å². The number of nitrogens with one attached hydrogen (secondary N) is 1. The molecule has 0 spiro atoms. The maximum absolute atomic E-state index is 6.12. The molecule has 2 aromatic carbocycles. The lowest BCUT2D eigenvalue weighted by Gasteiger charge is -2.14. The van der Waals surface area contributed by atoms with Crippen molar-refractivity contribution < 1.29 is 4.74 Å². The second-order valence-corrected chi connectivity index (χ2v) is 5.72. The number of benzene rings is 2. The van der Waals surface area contributed by atoms with Crippen molar-refractivity contribution in [2.24, 2.45) is 0 Å². The molecule has 0 saturated heterocycles. The summed E-state index contributed by atoms with van der Waals surface area (Å²) in [4.78, 5) is 0. The van der Waals surface area contributed by atoms with Gasteiger partial charge in [0.25, 0.3) is 0 Å². The van der Waals surface area contributed by atoms with E-state index in [4.69, 9.17) is 16.3 Å². The van der Waals surface area contributed by atoms with Gasteiger partial charge in [0.15, 0.2) is 0 Å². The third kappa shape index (κ3) is 4.76. The van der Waals surface area contributed by atoms with E-state index in [1.54, 1.807) is 0 Å².